The third-order valence-corrected chi connectivity index (χ3v) is 12.0. The van der Waals surface area contributed by atoms with Crippen LogP contribution in [0.25, 0.3) is 0 Å². The molecule has 6 nitrogen and oxygen atoms in total. The van der Waals surface area contributed by atoms with Crippen LogP contribution in [0.1, 0.15) is 84.8 Å². The average Bonchev–Trinajstić information content (AvgIpc) is 2.92. The van der Waals surface area contributed by atoms with Gasteiger partial charge in [0.25, 0.3) is 0 Å². The molecular formula is C32H39NO5S. The van der Waals surface area contributed by atoms with Crippen molar-refractivity contribution >= 4 is 21.8 Å². The number of aryl methyl sites for hydroxylation is 2. The van der Waals surface area contributed by atoms with E-state index in [2.05, 4.69) is 32.0 Å². The lowest BCUT2D eigenvalue weighted by Crippen LogP contribution is -2.57. The summed E-state index contributed by atoms with van der Waals surface area (Å²) in [5, 5.41) is 0. The number of hydrogen-bond acceptors (Lipinski definition) is 5. The van der Waals surface area contributed by atoms with E-state index in [9.17, 15) is 18.0 Å². The van der Waals surface area contributed by atoms with E-state index in [0.717, 1.165) is 51.4 Å². The number of hydrogen-bond donors (Lipinski definition) is 0. The Morgan fingerprint density at radius 2 is 1.56 bits per heavy atom. The van der Waals surface area contributed by atoms with Crippen LogP contribution in [0.5, 0.6) is 0 Å². The molecule has 5 fully saturated rings. The molecule has 1 aliphatic heterocycles. The van der Waals surface area contributed by atoms with Gasteiger partial charge in [-0.05, 0) is 123 Å². The zero-order valence-electron chi connectivity index (χ0n) is 23.1. The highest BCUT2D eigenvalue weighted by Crippen LogP contribution is 2.66. The van der Waals surface area contributed by atoms with Crippen molar-refractivity contribution in [2.45, 2.75) is 81.9 Å². The minimum absolute atomic E-state index is 0.0151. The van der Waals surface area contributed by atoms with Gasteiger partial charge in [0.2, 0.25) is 10.0 Å². The Kier molecular flexibility index (Phi) is 6.74. The summed E-state index contributed by atoms with van der Waals surface area (Å²) in [6, 6.07) is 12.8. The van der Waals surface area contributed by atoms with Gasteiger partial charge >= 0.3 is 5.97 Å². The SMILES string of the molecule is Cc1ccc(C23C[C@H]4C[C@@H](CC(C(=O)OCC(=O)c5ccc(S(=O)(=O)N6CCCCC6)cc5)(C4)C2)C3)cc1C. The molecule has 2 aromatic rings. The Hall–Kier alpha value is -2.51. The van der Waals surface area contributed by atoms with Gasteiger partial charge in [-0.3, -0.25) is 9.59 Å². The predicted molar refractivity (Wildman–Crippen MR) is 149 cm³/mol. The summed E-state index contributed by atoms with van der Waals surface area (Å²) < 4.78 is 33.1. The van der Waals surface area contributed by atoms with Gasteiger partial charge in [-0.2, -0.15) is 4.31 Å². The van der Waals surface area contributed by atoms with Crippen LogP contribution >= 0.6 is 0 Å². The van der Waals surface area contributed by atoms with E-state index in [1.807, 2.05) is 0 Å². The van der Waals surface area contributed by atoms with E-state index in [-0.39, 0.29) is 28.7 Å². The fraction of sp³-hybridized carbons (Fsp3) is 0.562. The third kappa shape index (κ3) is 4.76. The molecule has 0 amide bonds. The standard InChI is InChI=1S/C32H39NO5S/c1-22-6-9-27(14-23(22)2)31-16-24-15-25(17-31)19-32(18-24,21-31)30(35)38-20-29(34)26-7-10-28(11-8-26)39(36,37)33-12-4-3-5-13-33/h6-11,14,24-25H,3-5,12-13,15-21H2,1-2H3/t24-,25-,31?,32?/m1/s1. The van der Waals surface area contributed by atoms with Crippen molar-refractivity contribution in [2.24, 2.45) is 17.3 Å². The summed E-state index contributed by atoms with van der Waals surface area (Å²) in [6.45, 7) is 5.05. The molecule has 2 aromatic carbocycles. The highest BCUT2D eigenvalue weighted by molar-refractivity contribution is 7.89. The number of sulfonamides is 1. The summed E-state index contributed by atoms with van der Waals surface area (Å²) >= 11 is 0. The van der Waals surface area contributed by atoms with Crippen molar-refractivity contribution in [3.8, 4) is 0 Å². The maximum atomic E-state index is 13.6. The molecule has 0 spiro atoms. The minimum atomic E-state index is -3.55. The van der Waals surface area contributed by atoms with Crippen LogP contribution in [-0.4, -0.2) is 44.2 Å². The van der Waals surface area contributed by atoms with Crippen molar-refractivity contribution in [1.29, 1.82) is 0 Å². The number of rotatable bonds is 7. The maximum Gasteiger partial charge on any atom is 0.312 e. The molecule has 0 radical (unpaired) electrons. The number of carbonyl (C=O) groups excluding carboxylic acids is 2. The highest BCUT2D eigenvalue weighted by atomic mass is 32.2. The second-order valence-corrected chi connectivity index (χ2v) is 14.7. The molecule has 4 bridgehead atoms. The average molecular weight is 550 g/mol. The molecule has 7 rings (SSSR count). The van der Waals surface area contributed by atoms with Gasteiger partial charge in [-0.1, -0.05) is 24.6 Å². The zero-order chi connectivity index (χ0) is 27.4. The largest absolute Gasteiger partial charge is 0.457 e. The lowest BCUT2D eigenvalue weighted by molar-refractivity contribution is -0.172. The Bertz CT molecular complexity index is 1380. The lowest BCUT2D eigenvalue weighted by atomic mass is 9.43. The van der Waals surface area contributed by atoms with E-state index in [4.69, 9.17) is 4.74 Å². The molecule has 4 aliphatic carbocycles. The normalized spacial score (nSPS) is 30.3. The maximum absolute atomic E-state index is 13.6. The van der Waals surface area contributed by atoms with E-state index >= 15 is 0 Å². The van der Waals surface area contributed by atoms with Gasteiger partial charge in [0.05, 0.1) is 10.3 Å². The van der Waals surface area contributed by atoms with E-state index in [0.29, 0.717) is 30.5 Å². The topological polar surface area (TPSA) is 80.8 Å². The first kappa shape index (κ1) is 26.7. The third-order valence-electron chi connectivity index (χ3n) is 10.1. The molecule has 0 aromatic heterocycles. The minimum Gasteiger partial charge on any atom is -0.457 e. The molecule has 7 heteroatoms. The lowest BCUT2D eigenvalue weighted by Gasteiger charge is -2.61. The van der Waals surface area contributed by atoms with Crippen LogP contribution in [0.3, 0.4) is 0 Å². The predicted octanol–water partition coefficient (Wildman–Crippen LogP) is 5.74. The first-order chi connectivity index (χ1) is 18.6. The Labute approximate surface area is 232 Å². The smallest absolute Gasteiger partial charge is 0.312 e. The van der Waals surface area contributed by atoms with Crippen molar-refractivity contribution in [3.05, 3.63) is 64.7 Å². The summed E-state index contributed by atoms with van der Waals surface area (Å²) in [6.07, 6.45) is 8.75. The van der Waals surface area contributed by atoms with Crippen LogP contribution in [0, 0.1) is 31.1 Å². The van der Waals surface area contributed by atoms with Crippen molar-refractivity contribution in [1.82, 2.24) is 4.31 Å². The highest BCUT2D eigenvalue weighted by Gasteiger charge is 2.61. The van der Waals surface area contributed by atoms with Crippen LogP contribution in [0.15, 0.2) is 47.4 Å². The molecule has 4 saturated carbocycles. The van der Waals surface area contributed by atoms with Crippen LogP contribution in [-0.2, 0) is 25.0 Å². The number of ketones is 1. The van der Waals surface area contributed by atoms with Gasteiger partial charge in [0, 0.05) is 18.7 Å². The zero-order valence-corrected chi connectivity index (χ0v) is 23.9. The summed E-state index contributed by atoms with van der Waals surface area (Å²) in [4.78, 5) is 26.8. The summed E-state index contributed by atoms with van der Waals surface area (Å²) in [5.41, 5.74) is 3.79. The van der Waals surface area contributed by atoms with Gasteiger partial charge in [-0.25, -0.2) is 8.42 Å². The monoisotopic (exact) mass is 549 g/mol. The van der Waals surface area contributed by atoms with Gasteiger partial charge < -0.3 is 4.74 Å². The van der Waals surface area contributed by atoms with Crippen LogP contribution in [0.4, 0.5) is 0 Å². The number of ether oxygens (including phenoxy) is 1. The molecular weight excluding hydrogens is 510 g/mol. The molecule has 0 unspecified atom stereocenters. The number of carbonyl (C=O) groups is 2. The molecule has 39 heavy (non-hydrogen) atoms. The molecule has 2 atom stereocenters. The number of nitrogens with zero attached hydrogens (tertiary/aromatic N) is 1. The quantitative estimate of drug-likeness (QED) is 0.325. The van der Waals surface area contributed by atoms with E-state index in [1.54, 1.807) is 0 Å². The fourth-order valence-electron chi connectivity index (χ4n) is 8.35. The number of esters is 1. The second-order valence-electron chi connectivity index (χ2n) is 12.8. The summed E-state index contributed by atoms with van der Waals surface area (Å²) in [5.74, 6) is 0.498. The van der Waals surface area contributed by atoms with Gasteiger partial charge in [-0.15, -0.1) is 0 Å². The number of piperidine rings is 1. The van der Waals surface area contributed by atoms with Crippen LogP contribution < -0.4 is 0 Å². The van der Waals surface area contributed by atoms with E-state index in [1.165, 1.54) is 51.7 Å². The molecule has 5 aliphatic rings. The van der Waals surface area contributed by atoms with Gasteiger partial charge in [0.15, 0.2) is 12.4 Å². The first-order valence-electron chi connectivity index (χ1n) is 14.5. The molecule has 208 valence electrons. The first-order valence-corrected chi connectivity index (χ1v) is 15.9. The van der Waals surface area contributed by atoms with E-state index < -0.39 is 15.4 Å². The molecule has 0 N–H and O–H groups in total. The van der Waals surface area contributed by atoms with Gasteiger partial charge in [0.1, 0.15) is 0 Å². The Morgan fingerprint density at radius 3 is 2.21 bits per heavy atom. The molecule has 1 heterocycles. The second kappa shape index (κ2) is 9.84. The number of Topliss-reactive ketones (excluding diaryl/α,β-unsaturated/α-hetero) is 1. The van der Waals surface area contributed by atoms with Crippen LogP contribution in [0.2, 0.25) is 0 Å². The van der Waals surface area contributed by atoms with Crippen molar-refractivity contribution in [2.75, 3.05) is 19.7 Å². The fourth-order valence-corrected chi connectivity index (χ4v) is 9.86. The number of benzene rings is 2. The van der Waals surface area contributed by atoms with Crippen molar-refractivity contribution in [3.63, 3.8) is 0 Å². The Morgan fingerprint density at radius 1 is 0.897 bits per heavy atom. The van der Waals surface area contributed by atoms with Crippen molar-refractivity contribution < 1.29 is 22.7 Å². The molecule has 1 saturated heterocycles. The summed E-state index contributed by atoms with van der Waals surface area (Å²) in [7, 11) is -3.55. The Balaban J connectivity index is 1.14.